The zero-order valence-electron chi connectivity index (χ0n) is 10.1. The van der Waals surface area contributed by atoms with Crippen LogP contribution in [0.1, 0.15) is 41.0 Å². The highest BCUT2D eigenvalue weighted by atomic mass is 16.6. The van der Waals surface area contributed by atoms with E-state index >= 15 is 0 Å². The van der Waals surface area contributed by atoms with Crippen molar-refractivity contribution >= 4 is 5.97 Å². The normalized spacial score (nSPS) is 29.1. The van der Waals surface area contributed by atoms with Gasteiger partial charge in [-0.2, -0.15) is 0 Å². The Morgan fingerprint density at radius 2 is 2.07 bits per heavy atom. The summed E-state index contributed by atoms with van der Waals surface area (Å²) in [7, 11) is 0. The highest BCUT2D eigenvalue weighted by molar-refractivity contribution is 5.82. The zero-order chi connectivity index (χ0) is 11.9. The van der Waals surface area contributed by atoms with Gasteiger partial charge in [0.15, 0.2) is 5.60 Å². The molecular weight excluding hydrogens is 192 g/mol. The van der Waals surface area contributed by atoms with Gasteiger partial charge in [0.1, 0.15) is 0 Å². The van der Waals surface area contributed by atoms with Crippen LogP contribution < -0.4 is 0 Å². The molecule has 0 aromatic rings. The highest BCUT2D eigenvalue weighted by Gasteiger charge is 2.54. The number of rotatable bonds is 2. The number of esters is 1. The standard InChI is InChI=1S/C12H20O3/c1-8(2)15-10(13)12(14)7-6-9(3)11(12,4)5/h6,8,14H,7H2,1-5H3. The quantitative estimate of drug-likeness (QED) is 0.563. The van der Waals surface area contributed by atoms with Gasteiger partial charge in [-0.25, -0.2) is 4.79 Å². The molecule has 1 aliphatic carbocycles. The molecule has 0 spiro atoms. The molecule has 0 bridgehead atoms. The largest absolute Gasteiger partial charge is 0.461 e. The van der Waals surface area contributed by atoms with E-state index in [9.17, 15) is 9.90 Å². The molecule has 0 aliphatic heterocycles. The Bertz CT molecular complexity index is 302. The summed E-state index contributed by atoms with van der Waals surface area (Å²) in [4.78, 5) is 11.8. The van der Waals surface area contributed by atoms with Crippen LogP contribution in [0.3, 0.4) is 0 Å². The maximum atomic E-state index is 11.8. The lowest BCUT2D eigenvalue weighted by molar-refractivity contribution is -0.178. The second kappa shape index (κ2) is 3.63. The Balaban J connectivity index is 2.91. The Morgan fingerprint density at radius 3 is 2.40 bits per heavy atom. The van der Waals surface area contributed by atoms with E-state index in [2.05, 4.69) is 0 Å². The van der Waals surface area contributed by atoms with E-state index < -0.39 is 17.0 Å². The van der Waals surface area contributed by atoms with Crippen LogP contribution in [0.4, 0.5) is 0 Å². The number of hydrogen-bond acceptors (Lipinski definition) is 3. The van der Waals surface area contributed by atoms with Crippen molar-refractivity contribution in [3.05, 3.63) is 11.6 Å². The summed E-state index contributed by atoms with van der Waals surface area (Å²) in [6, 6.07) is 0. The van der Waals surface area contributed by atoms with Gasteiger partial charge in [-0.15, -0.1) is 0 Å². The van der Waals surface area contributed by atoms with Gasteiger partial charge in [0, 0.05) is 11.8 Å². The SMILES string of the molecule is CC1=CCC(O)(C(=O)OC(C)C)C1(C)C. The predicted molar refractivity (Wildman–Crippen MR) is 58.3 cm³/mol. The molecule has 0 aromatic heterocycles. The number of carbonyl (C=O) groups is 1. The molecule has 0 saturated heterocycles. The zero-order valence-corrected chi connectivity index (χ0v) is 10.1. The fraction of sp³-hybridized carbons (Fsp3) is 0.750. The molecular formula is C12H20O3. The van der Waals surface area contributed by atoms with Crippen LogP contribution >= 0.6 is 0 Å². The van der Waals surface area contributed by atoms with E-state index in [1.54, 1.807) is 13.8 Å². The van der Waals surface area contributed by atoms with Gasteiger partial charge < -0.3 is 9.84 Å². The molecule has 0 saturated carbocycles. The molecule has 0 amide bonds. The summed E-state index contributed by atoms with van der Waals surface area (Å²) in [5.41, 5.74) is -0.911. The summed E-state index contributed by atoms with van der Waals surface area (Å²) >= 11 is 0. The first-order chi connectivity index (χ1) is 6.72. The van der Waals surface area contributed by atoms with Crippen LogP contribution in [0.5, 0.6) is 0 Å². The molecule has 1 unspecified atom stereocenters. The van der Waals surface area contributed by atoms with Crippen LogP contribution in [0, 0.1) is 5.41 Å². The van der Waals surface area contributed by atoms with Crippen LogP contribution in [0.2, 0.25) is 0 Å². The van der Waals surface area contributed by atoms with Gasteiger partial charge >= 0.3 is 5.97 Å². The van der Waals surface area contributed by atoms with E-state index in [4.69, 9.17) is 4.74 Å². The minimum absolute atomic E-state index is 0.196. The molecule has 1 atom stereocenters. The third kappa shape index (κ3) is 1.81. The van der Waals surface area contributed by atoms with Crippen molar-refractivity contribution in [3.63, 3.8) is 0 Å². The highest BCUT2D eigenvalue weighted by Crippen LogP contribution is 2.46. The molecule has 1 rings (SSSR count). The first-order valence-electron chi connectivity index (χ1n) is 5.32. The third-order valence-corrected chi connectivity index (χ3v) is 3.40. The second-order valence-corrected chi connectivity index (χ2v) is 5.03. The van der Waals surface area contributed by atoms with Gasteiger partial charge in [0.2, 0.25) is 0 Å². The first kappa shape index (κ1) is 12.2. The molecule has 3 heteroatoms. The van der Waals surface area contributed by atoms with Gasteiger partial charge in [-0.05, 0) is 20.8 Å². The summed E-state index contributed by atoms with van der Waals surface area (Å²) in [5, 5.41) is 10.4. The summed E-state index contributed by atoms with van der Waals surface area (Å²) in [6.45, 7) is 9.23. The number of hydrogen-bond donors (Lipinski definition) is 1. The first-order valence-corrected chi connectivity index (χ1v) is 5.32. The molecule has 0 aromatic carbocycles. The minimum Gasteiger partial charge on any atom is -0.461 e. The summed E-state index contributed by atoms with van der Waals surface area (Å²) in [6.07, 6.45) is 2.05. The number of carbonyl (C=O) groups excluding carboxylic acids is 1. The van der Waals surface area contributed by atoms with Crippen molar-refractivity contribution in [1.29, 1.82) is 0 Å². The van der Waals surface area contributed by atoms with Gasteiger partial charge in [0.25, 0.3) is 0 Å². The Morgan fingerprint density at radius 1 is 1.53 bits per heavy atom. The average molecular weight is 212 g/mol. The van der Waals surface area contributed by atoms with Crippen LogP contribution in [0.15, 0.2) is 11.6 Å². The van der Waals surface area contributed by atoms with Gasteiger partial charge in [-0.1, -0.05) is 25.5 Å². The lowest BCUT2D eigenvalue weighted by Gasteiger charge is -2.36. The number of aliphatic hydroxyl groups is 1. The summed E-state index contributed by atoms with van der Waals surface area (Å²) in [5.74, 6) is -0.518. The fourth-order valence-corrected chi connectivity index (χ4v) is 1.79. The minimum atomic E-state index is -1.40. The molecule has 1 N–H and O–H groups in total. The predicted octanol–water partition coefficient (Wildman–Crippen LogP) is 2.05. The van der Waals surface area contributed by atoms with Crippen LogP contribution in [-0.2, 0) is 9.53 Å². The number of ether oxygens (including phenoxy) is 1. The molecule has 15 heavy (non-hydrogen) atoms. The topological polar surface area (TPSA) is 46.5 Å². The Labute approximate surface area is 91.1 Å². The van der Waals surface area contributed by atoms with E-state index in [0.717, 1.165) is 5.57 Å². The Kier molecular flexibility index (Phi) is 2.97. The summed E-state index contributed by atoms with van der Waals surface area (Å²) < 4.78 is 5.10. The smallest absolute Gasteiger partial charge is 0.339 e. The molecule has 0 fully saturated rings. The van der Waals surface area contributed by atoms with Gasteiger partial charge in [0.05, 0.1) is 6.10 Å². The lowest BCUT2D eigenvalue weighted by Crippen LogP contribution is -2.50. The van der Waals surface area contributed by atoms with Crippen molar-refractivity contribution in [2.45, 2.75) is 52.7 Å². The van der Waals surface area contributed by atoms with Crippen LogP contribution in [-0.4, -0.2) is 22.8 Å². The lowest BCUT2D eigenvalue weighted by atomic mass is 9.74. The van der Waals surface area contributed by atoms with Gasteiger partial charge in [-0.3, -0.25) is 0 Å². The molecule has 0 heterocycles. The van der Waals surface area contributed by atoms with E-state index in [1.807, 2.05) is 26.8 Å². The average Bonchev–Trinajstić information content (AvgIpc) is 2.29. The van der Waals surface area contributed by atoms with Crippen molar-refractivity contribution in [2.24, 2.45) is 5.41 Å². The molecule has 3 nitrogen and oxygen atoms in total. The molecule has 86 valence electrons. The second-order valence-electron chi connectivity index (χ2n) is 5.03. The van der Waals surface area contributed by atoms with Crippen LogP contribution in [0.25, 0.3) is 0 Å². The molecule has 1 aliphatic rings. The monoisotopic (exact) mass is 212 g/mol. The van der Waals surface area contributed by atoms with E-state index in [-0.39, 0.29) is 6.10 Å². The molecule has 0 radical (unpaired) electrons. The Hall–Kier alpha value is -0.830. The van der Waals surface area contributed by atoms with E-state index in [0.29, 0.717) is 6.42 Å². The van der Waals surface area contributed by atoms with Crippen molar-refractivity contribution in [1.82, 2.24) is 0 Å². The third-order valence-electron chi connectivity index (χ3n) is 3.40. The maximum Gasteiger partial charge on any atom is 0.339 e. The fourth-order valence-electron chi connectivity index (χ4n) is 1.79. The maximum absolute atomic E-state index is 11.8. The van der Waals surface area contributed by atoms with Crippen molar-refractivity contribution < 1.29 is 14.6 Å². The van der Waals surface area contributed by atoms with E-state index in [1.165, 1.54) is 0 Å². The van der Waals surface area contributed by atoms with Crippen molar-refractivity contribution in [3.8, 4) is 0 Å². The van der Waals surface area contributed by atoms with Crippen molar-refractivity contribution in [2.75, 3.05) is 0 Å².